The standard InChI is InChI=1S/C11H15NO3/c1-2-15-11(14)10(12)7-8-3-5-9(13)6-4-8/h3-6,10,13H,2,7,12H2,1H3/t10-/m1/s1. The number of carbonyl (C=O) groups is 1. The van der Waals surface area contributed by atoms with Gasteiger partial charge in [0.2, 0.25) is 0 Å². The van der Waals surface area contributed by atoms with Gasteiger partial charge in [0.15, 0.2) is 0 Å². The Balaban J connectivity index is 2.54. The summed E-state index contributed by atoms with van der Waals surface area (Å²) in [5, 5.41) is 9.06. The van der Waals surface area contributed by atoms with Crippen LogP contribution in [0.25, 0.3) is 0 Å². The van der Waals surface area contributed by atoms with Crippen LogP contribution in [0.5, 0.6) is 5.75 Å². The Morgan fingerprint density at radius 3 is 2.60 bits per heavy atom. The lowest BCUT2D eigenvalue weighted by Gasteiger charge is -2.10. The Hall–Kier alpha value is -1.55. The van der Waals surface area contributed by atoms with Crippen LogP contribution in [0.15, 0.2) is 24.3 Å². The fraction of sp³-hybridized carbons (Fsp3) is 0.364. The summed E-state index contributed by atoms with van der Waals surface area (Å²) in [4.78, 5) is 11.2. The molecule has 0 heterocycles. The summed E-state index contributed by atoms with van der Waals surface area (Å²) in [6.45, 7) is 2.08. The van der Waals surface area contributed by atoms with E-state index in [0.717, 1.165) is 5.56 Å². The van der Waals surface area contributed by atoms with Gasteiger partial charge in [0.1, 0.15) is 11.8 Å². The van der Waals surface area contributed by atoms with Crippen molar-refractivity contribution < 1.29 is 14.6 Å². The van der Waals surface area contributed by atoms with Crippen molar-refractivity contribution in [3.63, 3.8) is 0 Å². The summed E-state index contributed by atoms with van der Waals surface area (Å²) in [5.41, 5.74) is 6.53. The first kappa shape index (κ1) is 11.5. The maximum atomic E-state index is 11.2. The molecule has 0 fully saturated rings. The second kappa shape index (κ2) is 5.36. The largest absolute Gasteiger partial charge is 0.508 e. The SMILES string of the molecule is CCOC(=O)[C@H](N)Cc1ccc(O)cc1. The Morgan fingerprint density at radius 1 is 1.47 bits per heavy atom. The fourth-order valence-electron chi connectivity index (χ4n) is 1.22. The highest BCUT2D eigenvalue weighted by Gasteiger charge is 2.14. The van der Waals surface area contributed by atoms with E-state index < -0.39 is 12.0 Å². The molecule has 0 unspecified atom stereocenters. The van der Waals surface area contributed by atoms with E-state index in [4.69, 9.17) is 15.6 Å². The van der Waals surface area contributed by atoms with Crippen molar-refractivity contribution >= 4 is 5.97 Å². The zero-order valence-corrected chi connectivity index (χ0v) is 8.64. The van der Waals surface area contributed by atoms with E-state index in [-0.39, 0.29) is 5.75 Å². The molecule has 0 aliphatic carbocycles. The molecule has 0 spiro atoms. The molecular formula is C11H15NO3. The van der Waals surface area contributed by atoms with Crippen LogP contribution < -0.4 is 5.73 Å². The number of phenols is 1. The van der Waals surface area contributed by atoms with E-state index in [0.29, 0.717) is 13.0 Å². The topological polar surface area (TPSA) is 72.5 Å². The number of carbonyl (C=O) groups excluding carboxylic acids is 1. The summed E-state index contributed by atoms with van der Waals surface area (Å²) < 4.78 is 4.79. The maximum Gasteiger partial charge on any atom is 0.323 e. The Labute approximate surface area is 88.7 Å². The minimum absolute atomic E-state index is 0.198. The van der Waals surface area contributed by atoms with E-state index in [2.05, 4.69) is 0 Å². The van der Waals surface area contributed by atoms with E-state index in [1.54, 1.807) is 31.2 Å². The van der Waals surface area contributed by atoms with Crippen LogP contribution in [0.2, 0.25) is 0 Å². The molecule has 82 valence electrons. The van der Waals surface area contributed by atoms with Gasteiger partial charge in [-0.25, -0.2) is 0 Å². The van der Waals surface area contributed by atoms with Gasteiger partial charge in [-0.3, -0.25) is 4.79 Å². The number of hydrogen-bond donors (Lipinski definition) is 2. The molecule has 1 aromatic rings. The molecule has 1 atom stereocenters. The van der Waals surface area contributed by atoms with Gasteiger partial charge >= 0.3 is 5.97 Å². The lowest BCUT2D eigenvalue weighted by molar-refractivity contribution is -0.144. The third-order valence-corrected chi connectivity index (χ3v) is 1.98. The second-order valence-electron chi connectivity index (χ2n) is 3.23. The number of phenolic OH excluding ortho intramolecular Hbond substituents is 1. The van der Waals surface area contributed by atoms with Crippen molar-refractivity contribution in [2.75, 3.05) is 6.61 Å². The van der Waals surface area contributed by atoms with E-state index in [1.165, 1.54) is 0 Å². The van der Waals surface area contributed by atoms with E-state index in [1.807, 2.05) is 0 Å². The number of aromatic hydroxyl groups is 1. The molecule has 15 heavy (non-hydrogen) atoms. The molecule has 0 saturated carbocycles. The van der Waals surface area contributed by atoms with Gasteiger partial charge in [-0.2, -0.15) is 0 Å². The molecule has 0 aliphatic rings. The predicted octanol–water partition coefficient (Wildman–Crippen LogP) is 0.825. The number of benzene rings is 1. The predicted molar refractivity (Wildman–Crippen MR) is 56.4 cm³/mol. The van der Waals surface area contributed by atoms with E-state index >= 15 is 0 Å². The number of rotatable bonds is 4. The Kier molecular flexibility index (Phi) is 4.12. The van der Waals surface area contributed by atoms with Crippen LogP contribution in [0, 0.1) is 0 Å². The van der Waals surface area contributed by atoms with Gasteiger partial charge in [0.05, 0.1) is 6.61 Å². The molecule has 0 aromatic heterocycles. The van der Waals surface area contributed by atoms with Crippen molar-refractivity contribution in [2.45, 2.75) is 19.4 Å². The van der Waals surface area contributed by atoms with Crippen LogP contribution in [0.3, 0.4) is 0 Å². The monoisotopic (exact) mass is 209 g/mol. The average molecular weight is 209 g/mol. The molecular weight excluding hydrogens is 194 g/mol. The number of hydrogen-bond acceptors (Lipinski definition) is 4. The second-order valence-corrected chi connectivity index (χ2v) is 3.23. The Bertz CT molecular complexity index is 321. The van der Waals surface area contributed by atoms with Crippen LogP contribution in [-0.2, 0) is 16.0 Å². The molecule has 1 aromatic carbocycles. The molecule has 3 N–H and O–H groups in total. The molecule has 0 amide bonds. The Morgan fingerprint density at radius 2 is 2.07 bits per heavy atom. The van der Waals surface area contributed by atoms with Crippen LogP contribution in [0.1, 0.15) is 12.5 Å². The zero-order valence-electron chi connectivity index (χ0n) is 8.64. The van der Waals surface area contributed by atoms with Gasteiger partial charge in [0, 0.05) is 0 Å². The van der Waals surface area contributed by atoms with Gasteiger partial charge < -0.3 is 15.6 Å². The first-order valence-corrected chi connectivity index (χ1v) is 4.83. The highest BCUT2D eigenvalue weighted by Crippen LogP contribution is 2.11. The first-order chi connectivity index (χ1) is 7.13. The summed E-state index contributed by atoms with van der Waals surface area (Å²) in [6.07, 6.45) is 0.416. The molecule has 0 bridgehead atoms. The third kappa shape index (κ3) is 3.59. The van der Waals surface area contributed by atoms with Crippen molar-refractivity contribution in [1.82, 2.24) is 0 Å². The highest BCUT2D eigenvalue weighted by molar-refractivity contribution is 5.75. The molecule has 4 heteroatoms. The maximum absolute atomic E-state index is 11.2. The van der Waals surface area contributed by atoms with Crippen molar-refractivity contribution in [3.8, 4) is 5.75 Å². The molecule has 4 nitrogen and oxygen atoms in total. The van der Waals surface area contributed by atoms with Crippen molar-refractivity contribution in [2.24, 2.45) is 5.73 Å². The first-order valence-electron chi connectivity index (χ1n) is 4.83. The lowest BCUT2D eigenvalue weighted by Crippen LogP contribution is -2.34. The number of ether oxygens (including phenoxy) is 1. The quantitative estimate of drug-likeness (QED) is 0.720. The van der Waals surface area contributed by atoms with Gasteiger partial charge in [-0.1, -0.05) is 12.1 Å². The summed E-state index contributed by atoms with van der Waals surface area (Å²) >= 11 is 0. The van der Waals surface area contributed by atoms with Gasteiger partial charge in [-0.15, -0.1) is 0 Å². The van der Waals surface area contributed by atoms with E-state index in [9.17, 15) is 4.79 Å². The fourth-order valence-corrected chi connectivity index (χ4v) is 1.22. The van der Waals surface area contributed by atoms with Gasteiger partial charge in [-0.05, 0) is 31.0 Å². The van der Waals surface area contributed by atoms with Gasteiger partial charge in [0.25, 0.3) is 0 Å². The van der Waals surface area contributed by atoms with Crippen molar-refractivity contribution in [3.05, 3.63) is 29.8 Å². The number of esters is 1. The van der Waals surface area contributed by atoms with Crippen LogP contribution in [0.4, 0.5) is 0 Å². The molecule has 0 saturated heterocycles. The third-order valence-electron chi connectivity index (χ3n) is 1.98. The lowest BCUT2D eigenvalue weighted by atomic mass is 10.1. The summed E-state index contributed by atoms with van der Waals surface area (Å²) in [7, 11) is 0. The van der Waals surface area contributed by atoms with Crippen LogP contribution >= 0.6 is 0 Å². The average Bonchev–Trinajstić information content (AvgIpc) is 2.22. The molecule has 0 aliphatic heterocycles. The summed E-state index contributed by atoms with van der Waals surface area (Å²) in [6, 6.07) is 5.94. The summed E-state index contributed by atoms with van der Waals surface area (Å²) in [5.74, 6) is -0.200. The number of nitrogens with two attached hydrogens (primary N) is 1. The molecule has 0 radical (unpaired) electrons. The van der Waals surface area contributed by atoms with Crippen molar-refractivity contribution in [1.29, 1.82) is 0 Å². The normalized spacial score (nSPS) is 12.1. The van der Waals surface area contributed by atoms with Crippen LogP contribution in [-0.4, -0.2) is 23.7 Å². The smallest absolute Gasteiger partial charge is 0.323 e. The minimum atomic E-state index is -0.644. The minimum Gasteiger partial charge on any atom is -0.508 e. The molecule has 1 rings (SSSR count). The highest BCUT2D eigenvalue weighted by atomic mass is 16.5. The zero-order chi connectivity index (χ0) is 11.3.